The fraction of sp³-hybridized carbons (Fsp3) is 0.0625. The van der Waals surface area contributed by atoms with Crippen molar-refractivity contribution in [2.75, 3.05) is 5.43 Å². The minimum atomic E-state index is -4.62. The lowest BCUT2D eigenvalue weighted by Gasteiger charge is -2.10. The third-order valence-electron chi connectivity index (χ3n) is 3.04. The van der Waals surface area contributed by atoms with Crippen LogP contribution in [-0.4, -0.2) is 16.2 Å². The molecule has 0 saturated carbocycles. The Bertz CT molecular complexity index is 891. The average Bonchev–Trinajstić information content (AvgIpc) is 3.00. The normalized spacial score (nSPS) is 11.8. The van der Waals surface area contributed by atoms with E-state index < -0.39 is 11.9 Å². The maximum absolute atomic E-state index is 13.1. The minimum absolute atomic E-state index is 0.114. The summed E-state index contributed by atoms with van der Waals surface area (Å²) in [5.74, 6) is -0.304. The molecule has 0 bridgehead atoms. The Hall–Kier alpha value is -2.81. The van der Waals surface area contributed by atoms with E-state index in [1.54, 1.807) is 30.3 Å². The summed E-state index contributed by atoms with van der Waals surface area (Å²) in [7, 11) is 0. The average molecular weight is 366 g/mol. The molecular formula is C16H10F4N4S. The molecule has 0 atom stereocenters. The van der Waals surface area contributed by atoms with E-state index in [4.69, 9.17) is 0 Å². The molecule has 0 spiro atoms. The number of rotatable bonds is 4. The largest absolute Gasteiger partial charge is 0.433 e. The lowest BCUT2D eigenvalue weighted by molar-refractivity contribution is -0.141. The molecule has 0 fully saturated rings. The van der Waals surface area contributed by atoms with Gasteiger partial charge >= 0.3 is 6.18 Å². The van der Waals surface area contributed by atoms with E-state index in [1.807, 2.05) is 0 Å². The molecule has 1 N–H and O–H groups in total. The lowest BCUT2D eigenvalue weighted by atomic mass is 10.1. The lowest BCUT2D eigenvalue weighted by Crippen LogP contribution is -2.11. The molecule has 3 aromatic rings. The number of anilines is 1. The Labute approximate surface area is 143 Å². The SMILES string of the molecule is Fc1ccc(/C=N\Nc2nc(-c3ccccc3)cc(C(F)(F)F)n2)s1. The van der Waals surface area contributed by atoms with Crippen LogP contribution in [-0.2, 0) is 6.18 Å². The van der Waals surface area contributed by atoms with Gasteiger partial charge in [-0.25, -0.2) is 15.4 Å². The number of hydrogen-bond donors (Lipinski definition) is 1. The van der Waals surface area contributed by atoms with E-state index in [0.717, 1.165) is 17.4 Å². The van der Waals surface area contributed by atoms with Crippen molar-refractivity contribution in [3.63, 3.8) is 0 Å². The van der Waals surface area contributed by atoms with Crippen molar-refractivity contribution < 1.29 is 17.6 Å². The van der Waals surface area contributed by atoms with Crippen LogP contribution in [0.25, 0.3) is 11.3 Å². The molecule has 0 saturated heterocycles. The van der Waals surface area contributed by atoms with Crippen LogP contribution in [0.1, 0.15) is 10.6 Å². The number of hydrazone groups is 1. The molecule has 9 heteroatoms. The fourth-order valence-corrected chi connectivity index (χ4v) is 2.55. The molecule has 2 aromatic heterocycles. The Morgan fingerprint density at radius 2 is 1.80 bits per heavy atom. The minimum Gasteiger partial charge on any atom is -0.245 e. The molecule has 0 radical (unpaired) electrons. The predicted octanol–water partition coefficient (Wildman–Crippen LogP) is 4.81. The van der Waals surface area contributed by atoms with Crippen LogP contribution in [0.15, 0.2) is 53.6 Å². The first-order valence-electron chi connectivity index (χ1n) is 6.98. The summed E-state index contributed by atoms with van der Waals surface area (Å²) in [5.41, 5.74) is 1.90. The van der Waals surface area contributed by atoms with Gasteiger partial charge in [0.2, 0.25) is 5.95 Å². The number of nitrogens with one attached hydrogen (secondary N) is 1. The third-order valence-corrected chi connectivity index (χ3v) is 3.84. The van der Waals surface area contributed by atoms with Gasteiger partial charge < -0.3 is 0 Å². The first-order valence-corrected chi connectivity index (χ1v) is 7.79. The van der Waals surface area contributed by atoms with Crippen LogP contribution in [0.2, 0.25) is 0 Å². The van der Waals surface area contributed by atoms with E-state index in [1.165, 1.54) is 18.3 Å². The van der Waals surface area contributed by atoms with E-state index in [-0.39, 0.29) is 16.8 Å². The topological polar surface area (TPSA) is 50.2 Å². The molecule has 1 aromatic carbocycles. The quantitative estimate of drug-likeness (QED) is 0.410. The summed E-state index contributed by atoms with van der Waals surface area (Å²) in [4.78, 5) is 7.98. The number of thiophene rings is 1. The summed E-state index contributed by atoms with van der Waals surface area (Å²) in [6, 6.07) is 12.1. The van der Waals surface area contributed by atoms with Gasteiger partial charge in [0.05, 0.1) is 16.8 Å². The summed E-state index contributed by atoms with van der Waals surface area (Å²) >= 11 is 0.854. The molecule has 3 rings (SSSR count). The van der Waals surface area contributed by atoms with Crippen molar-refractivity contribution in [1.29, 1.82) is 0 Å². The first-order chi connectivity index (χ1) is 11.9. The second-order valence-corrected chi connectivity index (χ2v) is 5.90. The van der Waals surface area contributed by atoms with Crippen LogP contribution in [0.5, 0.6) is 0 Å². The maximum atomic E-state index is 13.1. The molecular weight excluding hydrogens is 356 g/mol. The van der Waals surface area contributed by atoms with Gasteiger partial charge in [-0.2, -0.15) is 22.7 Å². The standard InChI is InChI=1S/C16H10F4N4S/c17-14-7-6-11(25-14)9-21-24-15-22-12(10-4-2-1-3-5-10)8-13(23-15)16(18,19)20/h1-9H,(H,22,23,24)/b21-9-. The van der Waals surface area contributed by atoms with Crippen molar-refractivity contribution in [3.05, 3.63) is 64.2 Å². The molecule has 0 aliphatic heterocycles. The van der Waals surface area contributed by atoms with Crippen molar-refractivity contribution >= 4 is 23.5 Å². The van der Waals surface area contributed by atoms with Crippen LogP contribution in [0, 0.1) is 5.13 Å². The maximum Gasteiger partial charge on any atom is 0.433 e. The highest BCUT2D eigenvalue weighted by molar-refractivity contribution is 7.12. The predicted molar refractivity (Wildman–Crippen MR) is 88.0 cm³/mol. The number of alkyl halides is 3. The van der Waals surface area contributed by atoms with E-state index in [9.17, 15) is 17.6 Å². The van der Waals surface area contributed by atoms with Gasteiger partial charge in [0.15, 0.2) is 10.8 Å². The Balaban J connectivity index is 1.91. The molecule has 4 nitrogen and oxygen atoms in total. The zero-order valence-corrected chi connectivity index (χ0v) is 13.3. The van der Waals surface area contributed by atoms with Crippen molar-refractivity contribution in [2.45, 2.75) is 6.18 Å². The number of hydrogen-bond acceptors (Lipinski definition) is 5. The summed E-state index contributed by atoms with van der Waals surface area (Å²) in [5, 5.41) is 3.37. The molecule has 0 amide bonds. The number of benzene rings is 1. The van der Waals surface area contributed by atoms with E-state index >= 15 is 0 Å². The van der Waals surface area contributed by atoms with Gasteiger partial charge in [0.1, 0.15) is 0 Å². The summed E-state index contributed by atoms with van der Waals surface area (Å²) < 4.78 is 52.1. The van der Waals surface area contributed by atoms with Crippen molar-refractivity contribution in [3.8, 4) is 11.3 Å². The number of aromatic nitrogens is 2. The fourth-order valence-electron chi connectivity index (χ4n) is 1.95. The zero-order chi connectivity index (χ0) is 17.9. The monoisotopic (exact) mass is 366 g/mol. The Kier molecular flexibility index (Phi) is 4.75. The number of nitrogens with zero attached hydrogens (tertiary/aromatic N) is 3. The summed E-state index contributed by atoms with van der Waals surface area (Å²) in [6.07, 6.45) is -3.34. The molecule has 128 valence electrons. The van der Waals surface area contributed by atoms with Gasteiger partial charge in [0, 0.05) is 5.56 Å². The molecule has 2 heterocycles. The van der Waals surface area contributed by atoms with Crippen molar-refractivity contribution in [2.24, 2.45) is 5.10 Å². The van der Waals surface area contributed by atoms with Gasteiger partial charge in [-0.1, -0.05) is 30.3 Å². The molecule has 0 aliphatic rings. The van der Waals surface area contributed by atoms with E-state index in [0.29, 0.717) is 10.4 Å². The Morgan fingerprint density at radius 3 is 2.44 bits per heavy atom. The van der Waals surface area contributed by atoms with Gasteiger partial charge in [0.25, 0.3) is 0 Å². The van der Waals surface area contributed by atoms with Crippen LogP contribution in [0.3, 0.4) is 0 Å². The van der Waals surface area contributed by atoms with Crippen LogP contribution >= 0.6 is 11.3 Å². The first kappa shape index (κ1) is 17.0. The third kappa shape index (κ3) is 4.38. The molecule has 0 unspecified atom stereocenters. The smallest absolute Gasteiger partial charge is 0.245 e. The van der Waals surface area contributed by atoms with Gasteiger partial charge in [-0.05, 0) is 18.2 Å². The second-order valence-electron chi connectivity index (χ2n) is 4.84. The Morgan fingerprint density at radius 1 is 1.04 bits per heavy atom. The van der Waals surface area contributed by atoms with Crippen molar-refractivity contribution in [1.82, 2.24) is 9.97 Å². The van der Waals surface area contributed by atoms with Gasteiger partial charge in [-0.3, -0.25) is 0 Å². The number of halogens is 4. The summed E-state index contributed by atoms with van der Waals surface area (Å²) in [6.45, 7) is 0. The highest BCUT2D eigenvalue weighted by atomic mass is 32.1. The molecule has 25 heavy (non-hydrogen) atoms. The van der Waals surface area contributed by atoms with Crippen LogP contribution in [0.4, 0.5) is 23.5 Å². The highest BCUT2D eigenvalue weighted by Crippen LogP contribution is 2.31. The molecule has 0 aliphatic carbocycles. The zero-order valence-electron chi connectivity index (χ0n) is 12.5. The van der Waals surface area contributed by atoms with Gasteiger partial charge in [-0.15, -0.1) is 11.3 Å². The van der Waals surface area contributed by atoms with E-state index in [2.05, 4.69) is 20.5 Å². The van der Waals surface area contributed by atoms with Crippen LogP contribution < -0.4 is 5.43 Å². The highest BCUT2D eigenvalue weighted by Gasteiger charge is 2.33. The second kappa shape index (κ2) is 6.98.